The lowest BCUT2D eigenvalue weighted by Gasteiger charge is -2.02. The van der Waals surface area contributed by atoms with Gasteiger partial charge in [-0.25, -0.2) is 4.98 Å². The van der Waals surface area contributed by atoms with Gasteiger partial charge in [0.1, 0.15) is 10.4 Å². The summed E-state index contributed by atoms with van der Waals surface area (Å²) in [6.45, 7) is -0.126. The van der Waals surface area contributed by atoms with E-state index >= 15 is 0 Å². The Morgan fingerprint density at radius 3 is 2.76 bits per heavy atom. The number of hydrogen-bond acceptors (Lipinski definition) is 5. The molecular formula is C22H13BrN2O3S. The number of Topliss-reactive ketones (excluding diaryl/α,β-unsaturated/α-hetero) is 1. The van der Waals surface area contributed by atoms with Crippen molar-refractivity contribution >= 4 is 54.2 Å². The number of carbonyl (C=O) groups is 1. The molecule has 0 unspecified atom stereocenters. The summed E-state index contributed by atoms with van der Waals surface area (Å²) in [6.07, 6.45) is 1.42. The van der Waals surface area contributed by atoms with Crippen LogP contribution in [0.25, 0.3) is 31.6 Å². The number of furan rings is 1. The fourth-order valence-electron chi connectivity index (χ4n) is 3.20. The van der Waals surface area contributed by atoms with Crippen molar-refractivity contribution < 1.29 is 9.21 Å². The normalized spacial score (nSPS) is 11.3. The molecule has 0 radical (unpaired) electrons. The van der Waals surface area contributed by atoms with Crippen LogP contribution in [-0.2, 0) is 6.54 Å². The number of nitrogens with zero attached hydrogens (tertiary/aromatic N) is 2. The summed E-state index contributed by atoms with van der Waals surface area (Å²) in [4.78, 5) is 31.6. The van der Waals surface area contributed by atoms with E-state index in [0.29, 0.717) is 15.8 Å². The van der Waals surface area contributed by atoms with Crippen molar-refractivity contribution in [2.75, 3.05) is 0 Å². The van der Waals surface area contributed by atoms with Crippen molar-refractivity contribution in [3.05, 3.63) is 87.6 Å². The third-order valence-corrected chi connectivity index (χ3v) is 6.23. The second kappa shape index (κ2) is 7.09. The van der Waals surface area contributed by atoms with Crippen molar-refractivity contribution in [1.82, 2.24) is 9.55 Å². The predicted octanol–water partition coefficient (Wildman–Crippen LogP) is 5.52. The third kappa shape index (κ3) is 3.32. The van der Waals surface area contributed by atoms with Gasteiger partial charge in [0.2, 0.25) is 5.78 Å². The zero-order chi connectivity index (χ0) is 20.0. The molecule has 0 aliphatic carbocycles. The highest BCUT2D eigenvalue weighted by atomic mass is 79.9. The molecule has 0 saturated heterocycles. The number of ketones is 1. The molecule has 7 heteroatoms. The minimum absolute atomic E-state index is 0.126. The van der Waals surface area contributed by atoms with E-state index in [0.717, 1.165) is 20.3 Å². The van der Waals surface area contributed by atoms with E-state index in [1.165, 1.54) is 22.2 Å². The van der Waals surface area contributed by atoms with Crippen LogP contribution in [0, 0.1) is 0 Å². The molecule has 0 bridgehead atoms. The van der Waals surface area contributed by atoms with Gasteiger partial charge in [-0.3, -0.25) is 14.2 Å². The van der Waals surface area contributed by atoms with E-state index in [2.05, 4.69) is 20.9 Å². The number of fused-ring (bicyclic) bond motifs is 2. The molecule has 0 N–H and O–H groups in total. The molecule has 0 fully saturated rings. The van der Waals surface area contributed by atoms with E-state index in [1.54, 1.807) is 12.1 Å². The van der Waals surface area contributed by atoms with E-state index in [9.17, 15) is 9.59 Å². The van der Waals surface area contributed by atoms with Crippen LogP contribution in [0.3, 0.4) is 0 Å². The SMILES string of the molecule is O=C(Cn1cnc2sc(-c3ccccc3)cc2c1=O)c1cc2cc(Br)ccc2o1. The molecule has 142 valence electrons. The van der Waals surface area contributed by atoms with Crippen molar-refractivity contribution in [2.24, 2.45) is 0 Å². The Kier molecular flexibility index (Phi) is 4.41. The fraction of sp³-hybridized carbons (Fsp3) is 0.0455. The lowest BCUT2D eigenvalue weighted by atomic mass is 10.2. The highest BCUT2D eigenvalue weighted by molar-refractivity contribution is 9.10. The molecule has 0 spiro atoms. The monoisotopic (exact) mass is 464 g/mol. The van der Waals surface area contributed by atoms with E-state index < -0.39 is 0 Å². The quantitative estimate of drug-likeness (QED) is 0.328. The number of hydrogen-bond donors (Lipinski definition) is 0. The van der Waals surface area contributed by atoms with Gasteiger partial charge >= 0.3 is 0 Å². The number of carbonyl (C=O) groups excluding carboxylic acids is 1. The van der Waals surface area contributed by atoms with Crippen LogP contribution < -0.4 is 5.56 Å². The van der Waals surface area contributed by atoms with Gasteiger partial charge in [0.05, 0.1) is 18.3 Å². The van der Waals surface area contributed by atoms with Gasteiger partial charge in [-0.15, -0.1) is 11.3 Å². The molecule has 0 saturated carbocycles. The van der Waals surface area contributed by atoms with E-state index in [1.807, 2.05) is 48.5 Å². The summed E-state index contributed by atoms with van der Waals surface area (Å²) in [5.41, 5.74) is 1.43. The minimum Gasteiger partial charge on any atom is -0.453 e. The number of aromatic nitrogens is 2. The standard InChI is InChI=1S/C22H13BrN2O3S/c23-15-6-7-18-14(8-15)9-19(28-18)17(26)11-25-12-24-21-16(22(25)27)10-20(29-21)13-4-2-1-3-5-13/h1-10,12H,11H2. The molecule has 0 amide bonds. The molecule has 0 aliphatic rings. The van der Waals surface area contributed by atoms with E-state index in [4.69, 9.17) is 4.42 Å². The zero-order valence-electron chi connectivity index (χ0n) is 15.0. The summed E-state index contributed by atoms with van der Waals surface area (Å²) >= 11 is 4.86. The average Bonchev–Trinajstić information content (AvgIpc) is 3.35. The summed E-state index contributed by atoms with van der Waals surface area (Å²) in [7, 11) is 0. The van der Waals surface area contributed by atoms with Gasteiger partial charge in [0.15, 0.2) is 5.76 Å². The van der Waals surface area contributed by atoms with Crippen LogP contribution in [-0.4, -0.2) is 15.3 Å². The van der Waals surface area contributed by atoms with Crippen molar-refractivity contribution in [3.8, 4) is 10.4 Å². The van der Waals surface area contributed by atoms with Crippen LogP contribution >= 0.6 is 27.3 Å². The predicted molar refractivity (Wildman–Crippen MR) is 118 cm³/mol. The first kappa shape index (κ1) is 18.0. The topological polar surface area (TPSA) is 65.1 Å². The van der Waals surface area contributed by atoms with Gasteiger partial charge in [0, 0.05) is 14.7 Å². The Labute approximate surface area is 177 Å². The maximum atomic E-state index is 12.9. The summed E-state index contributed by atoms with van der Waals surface area (Å²) in [5.74, 6) is -0.0560. The zero-order valence-corrected chi connectivity index (χ0v) is 17.4. The summed E-state index contributed by atoms with van der Waals surface area (Å²) in [6, 6.07) is 18.9. The highest BCUT2D eigenvalue weighted by Gasteiger charge is 2.16. The van der Waals surface area contributed by atoms with Gasteiger partial charge in [-0.1, -0.05) is 46.3 Å². The molecule has 29 heavy (non-hydrogen) atoms. The summed E-state index contributed by atoms with van der Waals surface area (Å²) in [5, 5.41) is 1.34. The van der Waals surface area contributed by atoms with Crippen molar-refractivity contribution in [1.29, 1.82) is 0 Å². The second-order valence-electron chi connectivity index (χ2n) is 6.59. The first-order chi connectivity index (χ1) is 14.1. The molecule has 0 atom stereocenters. The number of halogens is 1. The largest absolute Gasteiger partial charge is 0.453 e. The Balaban J connectivity index is 1.48. The molecule has 5 nitrogen and oxygen atoms in total. The number of thiophene rings is 1. The van der Waals surface area contributed by atoms with Gasteiger partial charge in [-0.05, 0) is 35.9 Å². The lowest BCUT2D eigenvalue weighted by Crippen LogP contribution is -2.24. The van der Waals surface area contributed by atoms with Gasteiger partial charge in [0.25, 0.3) is 5.56 Å². The molecule has 3 heterocycles. The first-order valence-electron chi connectivity index (χ1n) is 8.85. The maximum absolute atomic E-state index is 12.9. The number of rotatable bonds is 4. The van der Waals surface area contributed by atoms with Gasteiger partial charge in [-0.2, -0.15) is 0 Å². The Hall–Kier alpha value is -3.03. The average molecular weight is 465 g/mol. The van der Waals surface area contributed by atoms with Gasteiger partial charge < -0.3 is 4.42 Å². The summed E-state index contributed by atoms with van der Waals surface area (Å²) < 4.78 is 7.88. The van der Waals surface area contributed by atoms with E-state index in [-0.39, 0.29) is 23.6 Å². The van der Waals surface area contributed by atoms with Crippen LogP contribution in [0.1, 0.15) is 10.6 Å². The smallest absolute Gasteiger partial charge is 0.262 e. The highest BCUT2D eigenvalue weighted by Crippen LogP contribution is 2.30. The van der Waals surface area contributed by atoms with Crippen LogP contribution in [0.5, 0.6) is 0 Å². The first-order valence-corrected chi connectivity index (χ1v) is 10.5. The van der Waals surface area contributed by atoms with Crippen LogP contribution in [0.15, 0.2) is 80.7 Å². The second-order valence-corrected chi connectivity index (χ2v) is 8.54. The Bertz CT molecular complexity index is 1430. The number of benzene rings is 2. The van der Waals surface area contributed by atoms with Crippen LogP contribution in [0.4, 0.5) is 0 Å². The molecule has 5 aromatic rings. The molecule has 0 aliphatic heterocycles. The minimum atomic E-state index is -0.279. The third-order valence-electron chi connectivity index (χ3n) is 4.64. The Morgan fingerprint density at radius 1 is 1.10 bits per heavy atom. The molecule has 2 aromatic carbocycles. The molecular weight excluding hydrogens is 452 g/mol. The lowest BCUT2D eigenvalue weighted by molar-refractivity contribution is 0.0945. The van der Waals surface area contributed by atoms with Crippen molar-refractivity contribution in [3.63, 3.8) is 0 Å². The maximum Gasteiger partial charge on any atom is 0.262 e. The molecule has 3 aromatic heterocycles. The van der Waals surface area contributed by atoms with Crippen molar-refractivity contribution in [2.45, 2.75) is 6.54 Å². The molecule has 5 rings (SSSR count). The Morgan fingerprint density at radius 2 is 1.93 bits per heavy atom. The van der Waals surface area contributed by atoms with Crippen LogP contribution in [0.2, 0.25) is 0 Å². The fourth-order valence-corrected chi connectivity index (χ4v) is 4.58.